The molecule has 2 saturated heterocycles. The van der Waals surface area contributed by atoms with Crippen LogP contribution >= 0.6 is 0 Å². The monoisotopic (exact) mass is 365 g/mol. The van der Waals surface area contributed by atoms with Crippen LogP contribution in [0.2, 0.25) is 0 Å². The highest BCUT2D eigenvalue weighted by atomic mass is 16.2. The number of hydrogen-bond donors (Lipinski definition) is 0. The van der Waals surface area contributed by atoms with Crippen molar-refractivity contribution >= 4 is 5.91 Å². The molecule has 152 valence electrons. The molecule has 0 aromatic carbocycles. The molecule has 0 saturated carbocycles. The van der Waals surface area contributed by atoms with E-state index in [1.54, 1.807) is 6.92 Å². The molecule has 0 aromatic heterocycles. The van der Waals surface area contributed by atoms with E-state index in [1.165, 1.54) is 0 Å². The quantitative estimate of drug-likeness (QED) is 0.736. The minimum absolute atomic E-state index is 0.0939. The van der Waals surface area contributed by atoms with Crippen LogP contribution in [0.5, 0.6) is 0 Å². The third-order valence-corrected chi connectivity index (χ3v) is 7.72. The number of carbonyl (C=O) groups is 1. The molecule has 0 unspecified atom stereocenters. The van der Waals surface area contributed by atoms with E-state index in [9.17, 15) is 4.79 Å². The Morgan fingerprint density at radius 1 is 0.692 bits per heavy atom. The van der Waals surface area contributed by atoms with Crippen molar-refractivity contribution in [1.82, 2.24) is 14.7 Å². The van der Waals surface area contributed by atoms with Crippen LogP contribution < -0.4 is 0 Å². The molecule has 4 nitrogen and oxygen atoms in total. The van der Waals surface area contributed by atoms with Crippen molar-refractivity contribution < 1.29 is 4.79 Å². The maximum Gasteiger partial charge on any atom is 0.219 e. The number of amides is 1. The molecule has 2 aliphatic rings. The van der Waals surface area contributed by atoms with Crippen LogP contribution in [0.1, 0.15) is 88.0 Å². The van der Waals surface area contributed by atoms with Gasteiger partial charge < -0.3 is 4.90 Å². The molecule has 0 spiro atoms. The van der Waals surface area contributed by atoms with Crippen molar-refractivity contribution in [2.75, 3.05) is 14.1 Å². The fourth-order valence-electron chi connectivity index (χ4n) is 5.84. The average molecular weight is 366 g/mol. The summed E-state index contributed by atoms with van der Waals surface area (Å²) in [6, 6.07) is 0.627. The molecule has 0 N–H and O–H groups in total. The van der Waals surface area contributed by atoms with Crippen LogP contribution in [0.4, 0.5) is 0 Å². The Labute approximate surface area is 162 Å². The molecule has 4 heteroatoms. The van der Waals surface area contributed by atoms with Gasteiger partial charge in [0.05, 0.1) is 0 Å². The Bertz CT molecular complexity index is 472. The molecular weight excluding hydrogens is 322 g/mol. The summed E-state index contributed by atoms with van der Waals surface area (Å²) in [6.07, 6.45) is 4.17. The van der Waals surface area contributed by atoms with Gasteiger partial charge in [0.1, 0.15) is 0 Å². The molecule has 0 bridgehead atoms. The van der Waals surface area contributed by atoms with Gasteiger partial charge in [-0.15, -0.1) is 0 Å². The molecule has 1 amide bonds. The van der Waals surface area contributed by atoms with Crippen molar-refractivity contribution in [3.8, 4) is 0 Å². The lowest BCUT2D eigenvalue weighted by atomic mass is 9.73. The number of rotatable bonds is 2. The van der Waals surface area contributed by atoms with Gasteiger partial charge >= 0.3 is 0 Å². The van der Waals surface area contributed by atoms with Gasteiger partial charge in [0, 0.05) is 41.2 Å². The lowest BCUT2D eigenvalue weighted by molar-refractivity contribution is -0.146. The SMILES string of the molecule is CC(=O)N(C1CC(C)(C)N(C)C(C)(C)C1)C1CC(C)(C)N(C)C(C)(C)C1. The number of nitrogens with zero attached hydrogens (tertiary/aromatic N) is 3. The van der Waals surface area contributed by atoms with Gasteiger partial charge in [-0.3, -0.25) is 14.6 Å². The molecule has 2 aliphatic heterocycles. The van der Waals surface area contributed by atoms with E-state index in [0.717, 1.165) is 25.7 Å². The van der Waals surface area contributed by atoms with E-state index in [-0.39, 0.29) is 28.1 Å². The van der Waals surface area contributed by atoms with Crippen LogP contribution in [0.25, 0.3) is 0 Å². The summed E-state index contributed by atoms with van der Waals surface area (Å²) in [7, 11) is 4.46. The normalized spacial score (nSPS) is 29.5. The van der Waals surface area contributed by atoms with Crippen molar-refractivity contribution in [1.29, 1.82) is 0 Å². The summed E-state index contributed by atoms with van der Waals surface area (Å²) in [5.41, 5.74) is 0.375. The maximum absolute atomic E-state index is 12.8. The van der Waals surface area contributed by atoms with Gasteiger partial charge in [0.25, 0.3) is 0 Å². The Hall–Kier alpha value is -0.610. The topological polar surface area (TPSA) is 26.8 Å². The first-order chi connectivity index (χ1) is 11.5. The van der Waals surface area contributed by atoms with Crippen molar-refractivity contribution in [3.63, 3.8) is 0 Å². The predicted molar refractivity (Wildman–Crippen MR) is 110 cm³/mol. The average Bonchev–Trinajstić information content (AvgIpc) is 2.40. The zero-order chi connectivity index (χ0) is 20.3. The lowest BCUT2D eigenvalue weighted by Crippen LogP contribution is -2.67. The Kier molecular flexibility index (Phi) is 5.40. The van der Waals surface area contributed by atoms with E-state index in [2.05, 4.69) is 84.2 Å². The van der Waals surface area contributed by atoms with Crippen LogP contribution in [0, 0.1) is 0 Å². The van der Waals surface area contributed by atoms with Gasteiger partial charge in [0.2, 0.25) is 5.91 Å². The minimum atomic E-state index is 0.0939. The van der Waals surface area contributed by atoms with E-state index >= 15 is 0 Å². The third-order valence-electron chi connectivity index (χ3n) is 7.72. The fraction of sp³-hybridized carbons (Fsp3) is 0.955. The Morgan fingerprint density at radius 3 is 1.12 bits per heavy atom. The molecule has 0 aromatic rings. The fourth-order valence-corrected chi connectivity index (χ4v) is 5.84. The molecule has 0 atom stereocenters. The summed E-state index contributed by atoms with van der Waals surface area (Å²) < 4.78 is 0. The first-order valence-corrected chi connectivity index (χ1v) is 10.3. The third kappa shape index (κ3) is 3.82. The number of carbonyl (C=O) groups excluding carboxylic acids is 1. The smallest absolute Gasteiger partial charge is 0.219 e. The molecule has 2 rings (SSSR count). The summed E-state index contributed by atoms with van der Waals surface area (Å²) in [5.74, 6) is 0.243. The van der Waals surface area contributed by atoms with Crippen molar-refractivity contribution in [2.24, 2.45) is 0 Å². The summed E-state index contributed by atoms with van der Waals surface area (Å²) in [5, 5.41) is 0. The van der Waals surface area contributed by atoms with Gasteiger partial charge in [0.15, 0.2) is 0 Å². The number of hydrogen-bond acceptors (Lipinski definition) is 3. The molecule has 0 radical (unpaired) electrons. The van der Waals surface area contributed by atoms with Crippen molar-refractivity contribution in [3.05, 3.63) is 0 Å². The molecule has 2 heterocycles. The molecule has 26 heavy (non-hydrogen) atoms. The second-order valence-corrected chi connectivity index (χ2v) is 11.4. The second kappa shape index (κ2) is 6.48. The van der Waals surface area contributed by atoms with Crippen LogP contribution in [0.3, 0.4) is 0 Å². The van der Waals surface area contributed by atoms with E-state index < -0.39 is 0 Å². The highest BCUT2D eigenvalue weighted by molar-refractivity contribution is 5.74. The predicted octanol–water partition coefficient (Wildman–Crippen LogP) is 4.14. The lowest BCUT2D eigenvalue weighted by Gasteiger charge is -2.60. The molecule has 2 fully saturated rings. The van der Waals surface area contributed by atoms with Gasteiger partial charge in [-0.1, -0.05) is 0 Å². The van der Waals surface area contributed by atoms with E-state index in [1.807, 2.05) is 0 Å². The van der Waals surface area contributed by atoms with Crippen molar-refractivity contribution in [2.45, 2.75) is 122 Å². The molecule has 0 aliphatic carbocycles. The van der Waals surface area contributed by atoms with Crippen LogP contribution in [-0.2, 0) is 4.79 Å². The Morgan fingerprint density at radius 2 is 0.923 bits per heavy atom. The zero-order valence-corrected chi connectivity index (χ0v) is 19.2. The van der Waals surface area contributed by atoms with E-state index in [0.29, 0.717) is 12.1 Å². The van der Waals surface area contributed by atoms with Gasteiger partial charge in [-0.2, -0.15) is 0 Å². The number of piperidine rings is 2. The highest BCUT2D eigenvalue weighted by Crippen LogP contribution is 2.44. The molecular formula is C22H43N3O. The van der Waals surface area contributed by atoms with Crippen LogP contribution in [0.15, 0.2) is 0 Å². The highest BCUT2D eigenvalue weighted by Gasteiger charge is 2.50. The van der Waals surface area contributed by atoms with Gasteiger partial charge in [-0.05, 0) is 95.2 Å². The summed E-state index contributed by atoms with van der Waals surface area (Å²) >= 11 is 0. The number of likely N-dealkylation sites (tertiary alicyclic amines) is 2. The minimum Gasteiger partial charge on any atom is -0.337 e. The summed E-state index contributed by atoms with van der Waals surface area (Å²) in [6.45, 7) is 20.3. The first kappa shape index (κ1) is 21.7. The van der Waals surface area contributed by atoms with Crippen LogP contribution in [-0.4, -0.2) is 68.9 Å². The summed E-state index contributed by atoms with van der Waals surface area (Å²) in [4.78, 5) is 20.1. The van der Waals surface area contributed by atoms with Gasteiger partial charge in [-0.25, -0.2) is 0 Å². The maximum atomic E-state index is 12.8. The first-order valence-electron chi connectivity index (χ1n) is 10.3. The standard InChI is InChI=1S/C22H43N3O/c1-16(26)25(17-12-19(2,3)23(10)20(4,5)13-17)18-14-21(6,7)24(11)22(8,9)15-18/h17-18H,12-15H2,1-11H3. The van der Waals surface area contributed by atoms with E-state index in [4.69, 9.17) is 0 Å². The zero-order valence-electron chi connectivity index (χ0n) is 19.2. The second-order valence-electron chi connectivity index (χ2n) is 11.4. The largest absolute Gasteiger partial charge is 0.337 e. The Balaban J connectivity index is 2.36.